The number of quaternary nitrogens is 1. The van der Waals surface area contributed by atoms with Crippen LogP contribution >= 0.6 is 0 Å². The Morgan fingerprint density at radius 3 is 2.00 bits per heavy atom. The highest BCUT2D eigenvalue weighted by molar-refractivity contribution is 7.85. The minimum absolute atomic E-state index is 0.219. The van der Waals surface area contributed by atoms with Crippen LogP contribution in [0.4, 0.5) is 0 Å². The third kappa shape index (κ3) is 4.78. The number of hydrogen-bond acceptors (Lipinski definition) is 2. The van der Waals surface area contributed by atoms with E-state index in [0.717, 1.165) is 0 Å². The second-order valence-electron chi connectivity index (χ2n) is 2.96. The van der Waals surface area contributed by atoms with Crippen molar-refractivity contribution in [1.29, 1.82) is 0 Å². The van der Waals surface area contributed by atoms with E-state index in [2.05, 4.69) is 0 Å². The van der Waals surface area contributed by atoms with E-state index in [4.69, 9.17) is 4.55 Å². The lowest BCUT2D eigenvalue weighted by Gasteiger charge is -2.26. The van der Waals surface area contributed by atoms with E-state index in [-0.39, 0.29) is 5.88 Å². The summed E-state index contributed by atoms with van der Waals surface area (Å²) in [6.45, 7) is 1.87. The fraction of sp³-hybridized carbons (Fsp3) is 1.00. The lowest BCUT2D eigenvalue weighted by atomic mass is 9.94. The maximum atomic E-state index is 10.3. The molecule has 4 nitrogen and oxygen atoms in total. The third-order valence-corrected chi connectivity index (χ3v) is 2.39. The van der Waals surface area contributed by atoms with E-state index in [1.807, 2.05) is 6.82 Å². The average molecular weight is 166 g/mol. The monoisotopic (exact) mass is 166 g/mol. The van der Waals surface area contributed by atoms with Crippen LogP contribution in [0.25, 0.3) is 0 Å². The molecule has 0 spiro atoms. The smallest absolute Gasteiger partial charge is 0.387 e. The van der Waals surface area contributed by atoms with Gasteiger partial charge in [-0.05, 0) is 6.82 Å². The van der Waals surface area contributed by atoms with E-state index in [0.29, 0.717) is 11.8 Å². The molecule has 0 aromatic heterocycles. The van der Waals surface area contributed by atoms with Crippen LogP contribution in [0.3, 0.4) is 0 Å². The molecule has 0 unspecified atom stereocenters. The van der Waals surface area contributed by atoms with Crippen LogP contribution < -0.4 is 0 Å². The minimum atomic E-state index is -3.82. The number of nitrogens with zero attached hydrogens (tertiary/aromatic N) is 1. The molecule has 0 fully saturated rings. The van der Waals surface area contributed by atoms with Crippen LogP contribution in [0.1, 0.15) is 0 Å². The Balaban J connectivity index is 4.16. The van der Waals surface area contributed by atoms with Crippen LogP contribution in [0, 0.1) is 0 Å². The zero-order chi connectivity index (χ0) is 8.41. The van der Waals surface area contributed by atoms with Crippen LogP contribution in [0.5, 0.6) is 0 Å². The topological polar surface area (TPSA) is 54.4 Å². The van der Waals surface area contributed by atoms with Gasteiger partial charge in [0.05, 0.1) is 0 Å². The zero-order valence-electron chi connectivity index (χ0n) is 6.53. The van der Waals surface area contributed by atoms with Crippen molar-refractivity contribution in [1.82, 2.24) is 0 Å². The Bertz CT molecular complexity index is 199. The van der Waals surface area contributed by atoms with Gasteiger partial charge < -0.3 is 4.39 Å². The highest BCUT2D eigenvalue weighted by Crippen LogP contribution is 1.96. The van der Waals surface area contributed by atoms with Gasteiger partial charge in [-0.1, -0.05) is 0 Å². The van der Waals surface area contributed by atoms with Gasteiger partial charge in [0.15, 0.2) is 5.88 Å². The lowest BCUT2D eigenvalue weighted by molar-refractivity contribution is -0.765. The Morgan fingerprint density at radius 1 is 1.50 bits per heavy atom. The van der Waals surface area contributed by atoms with Crippen LogP contribution in [-0.2, 0) is 10.1 Å². The molecule has 0 aliphatic heterocycles. The fourth-order valence-corrected chi connectivity index (χ4v) is 1.60. The molecule has 0 rings (SSSR count). The minimum Gasteiger partial charge on any atom is -0.387 e. The van der Waals surface area contributed by atoms with Crippen LogP contribution in [0.15, 0.2) is 0 Å². The van der Waals surface area contributed by atoms with Crippen molar-refractivity contribution in [2.75, 3.05) is 20.0 Å². The van der Waals surface area contributed by atoms with Gasteiger partial charge in [0.25, 0.3) is 0 Å². The molecule has 0 saturated carbocycles. The van der Waals surface area contributed by atoms with E-state index in [1.54, 1.807) is 14.1 Å². The molecule has 0 saturated heterocycles. The molecule has 10 heavy (non-hydrogen) atoms. The Hall–Kier alpha value is -0.0651. The summed E-state index contributed by atoms with van der Waals surface area (Å²) in [5.74, 6) is -0.219. The number of rotatable bonds is 3. The summed E-state index contributed by atoms with van der Waals surface area (Å²) in [7, 11) is 0.346. The van der Waals surface area contributed by atoms with Gasteiger partial charge in [-0.15, -0.1) is 0 Å². The first kappa shape index (κ1) is 9.93. The Labute approximate surface area is 62.4 Å². The summed E-state index contributed by atoms with van der Waals surface area (Å²) in [6, 6.07) is 0. The van der Waals surface area contributed by atoms with Gasteiger partial charge >= 0.3 is 17.5 Å². The number of hydrogen-bond donors (Lipinski definition) is 1. The average Bonchev–Trinajstić information content (AvgIpc) is 1.60. The molecular weight excluding hydrogens is 153 g/mol. The normalized spacial score (nSPS) is 13.2. The maximum absolute atomic E-state index is 10.3. The van der Waals surface area contributed by atoms with Gasteiger partial charge in [0.1, 0.15) is 0 Å². The maximum Gasteiger partial charge on any atom is 0.387 e. The third-order valence-electron chi connectivity index (χ3n) is 1.37. The first-order valence-electron chi connectivity index (χ1n) is 3.04. The van der Waals surface area contributed by atoms with Crippen molar-refractivity contribution in [3.63, 3.8) is 0 Å². The predicted molar refractivity (Wildman–Crippen MR) is 41.5 cm³/mol. The van der Waals surface area contributed by atoms with Gasteiger partial charge in [-0.2, -0.15) is 8.42 Å². The molecule has 1 N–H and O–H groups in total. The molecule has 6 heteroatoms. The molecule has 0 amide bonds. The molecule has 0 atom stereocenters. The van der Waals surface area contributed by atoms with E-state index >= 15 is 0 Å². The molecule has 0 aliphatic rings. The summed E-state index contributed by atoms with van der Waals surface area (Å²) in [6.07, 6.45) is 0. The standard InChI is InChI=1S/C4H12BNO3S/c1-5-6(2,3)4-10(7,8)9/h5H,4H2,1-3H3/p+1. The highest BCUT2D eigenvalue weighted by atomic mass is 32.2. The van der Waals surface area contributed by atoms with Crippen molar-refractivity contribution in [3.8, 4) is 0 Å². The van der Waals surface area contributed by atoms with Gasteiger partial charge in [-0.25, -0.2) is 0 Å². The molecule has 0 aromatic carbocycles. The van der Waals surface area contributed by atoms with E-state index in [1.165, 1.54) is 0 Å². The predicted octanol–water partition coefficient (Wildman–Crippen LogP) is -0.692. The van der Waals surface area contributed by atoms with E-state index in [9.17, 15) is 8.42 Å². The van der Waals surface area contributed by atoms with E-state index < -0.39 is 10.1 Å². The summed E-state index contributed by atoms with van der Waals surface area (Å²) in [5, 5.41) is 0. The second-order valence-corrected chi connectivity index (χ2v) is 4.39. The van der Waals surface area contributed by atoms with Crippen molar-refractivity contribution < 1.29 is 17.4 Å². The van der Waals surface area contributed by atoms with Crippen LogP contribution in [0.2, 0.25) is 6.82 Å². The fourth-order valence-electron chi connectivity index (χ4n) is 0.533. The van der Waals surface area contributed by atoms with Gasteiger partial charge in [0, 0.05) is 14.1 Å². The summed E-state index contributed by atoms with van der Waals surface area (Å²) >= 11 is 0. The van der Waals surface area contributed by atoms with Crippen LogP contribution in [-0.4, -0.2) is 44.8 Å². The molecule has 0 aromatic rings. The lowest BCUT2D eigenvalue weighted by Crippen LogP contribution is -2.45. The van der Waals surface area contributed by atoms with Crippen molar-refractivity contribution in [2.24, 2.45) is 0 Å². The molecule has 0 bridgehead atoms. The van der Waals surface area contributed by atoms with Gasteiger partial charge in [0.2, 0.25) is 0 Å². The highest BCUT2D eigenvalue weighted by Gasteiger charge is 2.21. The summed E-state index contributed by atoms with van der Waals surface area (Å²) in [4.78, 5) is 0. The Kier molecular flexibility index (Phi) is 2.88. The second kappa shape index (κ2) is 2.90. The van der Waals surface area contributed by atoms with Gasteiger partial charge in [-0.3, -0.25) is 4.55 Å². The summed E-state index contributed by atoms with van der Waals surface area (Å²) in [5.41, 5.74) is 0. The largest absolute Gasteiger partial charge is 0.387 e. The summed E-state index contributed by atoms with van der Waals surface area (Å²) < 4.78 is 29.4. The first-order chi connectivity index (χ1) is 4.27. The molecule has 60 valence electrons. The van der Waals surface area contributed by atoms with Crippen molar-refractivity contribution in [3.05, 3.63) is 0 Å². The zero-order valence-corrected chi connectivity index (χ0v) is 7.35. The Morgan fingerprint density at radius 2 is 1.90 bits per heavy atom. The molecule has 0 aliphatic carbocycles. The van der Waals surface area contributed by atoms with Crippen molar-refractivity contribution in [2.45, 2.75) is 6.82 Å². The molecular formula is C4H13BNO3S+. The SMILES string of the molecule is CB[N+](C)(C)CS(=O)(=O)O. The van der Waals surface area contributed by atoms with Crippen molar-refractivity contribution >= 4 is 17.5 Å². The first-order valence-corrected chi connectivity index (χ1v) is 4.65. The quantitative estimate of drug-likeness (QED) is 0.445. The molecule has 0 radical (unpaired) electrons. The molecule has 0 heterocycles.